The molecule has 0 bridgehead atoms. The van der Waals surface area contributed by atoms with Crippen LogP contribution < -0.4 is 5.73 Å². The third-order valence-electron chi connectivity index (χ3n) is 4.51. The molecule has 0 aromatic rings. The second kappa shape index (κ2) is 7.73. The van der Waals surface area contributed by atoms with Gasteiger partial charge >= 0.3 is 0 Å². The Morgan fingerprint density at radius 2 is 2.28 bits per heavy atom. The highest BCUT2D eigenvalue weighted by molar-refractivity contribution is 7.98. The van der Waals surface area contributed by atoms with Gasteiger partial charge in [-0.1, -0.05) is 6.92 Å². The van der Waals surface area contributed by atoms with Gasteiger partial charge in [0, 0.05) is 24.7 Å². The van der Waals surface area contributed by atoms with Crippen molar-refractivity contribution in [3.8, 4) is 0 Å². The maximum Gasteiger partial charge on any atom is 0.0590 e. The van der Waals surface area contributed by atoms with Gasteiger partial charge in [-0.2, -0.15) is 11.8 Å². The first-order valence-corrected chi connectivity index (χ1v) is 8.52. The maximum atomic E-state index is 6.12. The SMILES string of the molecule is CCC1CC(CN)(N(C)C(C)CCSC)CCO1. The van der Waals surface area contributed by atoms with Crippen LogP contribution in [0, 0.1) is 0 Å². The third-order valence-corrected chi connectivity index (χ3v) is 5.16. The molecule has 1 fully saturated rings. The Labute approximate surface area is 117 Å². The number of hydrogen-bond donors (Lipinski definition) is 1. The molecule has 1 heterocycles. The molecular formula is C14H30N2OS. The van der Waals surface area contributed by atoms with E-state index in [1.807, 2.05) is 11.8 Å². The van der Waals surface area contributed by atoms with Crippen molar-refractivity contribution in [1.29, 1.82) is 0 Å². The Hall–Kier alpha value is 0.230. The van der Waals surface area contributed by atoms with Crippen LogP contribution in [0.1, 0.15) is 39.5 Å². The Morgan fingerprint density at radius 3 is 2.83 bits per heavy atom. The molecule has 0 saturated carbocycles. The first kappa shape index (κ1) is 16.3. The normalized spacial score (nSPS) is 30.7. The van der Waals surface area contributed by atoms with Crippen LogP contribution in [0.2, 0.25) is 0 Å². The van der Waals surface area contributed by atoms with Crippen LogP contribution in [-0.2, 0) is 4.74 Å². The van der Waals surface area contributed by atoms with E-state index >= 15 is 0 Å². The molecule has 0 aromatic heterocycles. The summed E-state index contributed by atoms with van der Waals surface area (Å²) in [6.45, 7) is 6.13. The summed E-state index contributed by atoms with van der Waals surface area (Å²) < 4.78 is 5.81. The van der Waals surface area contributed by atoms with E-state index in [0.29, 0.717) is 12.1 Å². The zero-order chi connectivity index (χ0) is 13.6. The van der Waals surface area contributed by atoms with Crippen LogP contribution in [0.3, 0.4) is 0 Å². The topological polar surface area (TPSA) is 38.5 Å². The summed E-state index contributed by atoms with van der Waals surface area (Å²) in [6.07, 6.45) is 7.04. The number of rotatable bonds is 7. The van der Waals surface area contributed by atoms with Crippen molar-refractivity contribution in [2.24, 2.45) is 5.73 Å². The van der Waals surface area contributed by atoms with Gasteiger partial charge in [0.25, 0.3) is 0 Å². The van der Waals surface area contributed by atoms with Crippen LogP contribution in [0.5, 0.6) is 0 Å². The van der Waals surface area contributed by atoms with Gasteiger partial charge in [-0.05, 0) is 51.7 Å². The quantitative estimate of drug-likeness (QED) is 0.773. The van der Waals surface area contributed by atoms with Crippen LogP contribution in [0.4, 0.5) is 0 Å². The van der Waals surface area contributed by atoms with E-state index < -0.39 is 0 Å². The Balaban J connectivity index is 2.67. The fourth-order valence-corrected chi connectivity index (χ4v) is 3.44. The zero-order valence-electron chi connectivity index (χ0n) is 12.4. The molecule has 3 atom stereocenters. The summed E-state index contributed by atoms with van der Waals surface area (Å²) in [5.41, 5.74) is 6.27. The molecule has 1 aliphatic rings. The Bertz CT molecular complexity index is 240. The Morgan fingerprint density at radius 1 is 1.56 bits per heavy atom. The van der Waals surface area contributed by atoms with Gasteiger partial charge in [-0.3, -0.25) is 4.90 Å². The van der Waals surface area contributed by atoms with Crippen LogP contribution in [0.15, 0.2) is 0 Å². The van der Waals surface area contributed by atoms with E-state index in [2.05, 4.69) is 32.1 Å². The lowest BCUT2D eigenvalue weighted by Gasteiger charge is -2.49. The van der Waals surface area contributed by atoms with Crippen molar-refractivity contribution in [3.63, 3.8) is 0 Å². The number of nitrogens with two attached hydrogens (primary N) is 1. The van der Waals surface area contributed by atoms with Gasteiger partial charge in [0.1, 0.15) is 0 Å². The van der Waals surface area contributed by atoms with Crippen molar-refractivity contribution >= 4 is 11.8 Å². The molecule has 0 aromatic carbocycles. The minimum atomic E-state index is 0.150. The highest BCUT2D eigenvalue weighted by Gasteiger charge is 2.40. The lowest BCUT2D eigenvalue weighted by Crippen LogP contribution is -2.59. The fourth-order valence-electron chi connectivity index (χ4n) is 2.86. The molecule has 108 valence electrons. The highest BCUT2D eigenvalue weighted by atomic mass is 32.2. The van der Waals surface area contributed by atoms with Crippen LogP contribution in [-0.4, -0.2) is 54.8 Å². The molecule has 0 amide bonds. The molecule has 1 rings (SSSR count). The van der Waals surface area contributed by atoms with E-state index in [9.17, 15) is 0 Å². The lowest BCUT2D eigenvalue weighted by atomic mass is 9.83. The highest BCUT2D eigenvalue weighted by Crippen LogP contribution is 2.32. The molecule has 4 heteroatoms. The first-order chi connectivity index (χ1) is 8.59. The van der Waals surface area contributed by atoms with E-state index in [1.54, 1.807) is 0 Å². The summed E-state index contributed by atoms with van der Waals surface area (Å²) in [5.74, 6) is 1.22. The summed E-state index contributed by atoms with van der Waals surface area (Å²) in [7, 11) is 2.25. The number of hydrogen-bond acceptors (Lipinski definition) is 4. The van der Waals surface area contributed by atoms with E-state index in [-0.39, 0.29) is 5.54 Å². The minimum Gasteiger partial charge on any atom is -0.378 e. The molecule has 0 spiro atoms. The molecule has 1 aliphatic heterocycles. The van der Waals surface area contributed by atoms with Crippen molar-refractivity contribution in [2.75, 3.05) is 32.2 Å². The molecule has 0 aliphatic carbocycles. The Kier molecular flexibility index (Phi) is 6.99. The molecule has 1 saturated heterocycles. The number of likely N-dealkylation sites (N-methyl/N-ethyl adjacent to an activating group) is 1. The van der Waals surface area contributed by atoms with Crippen molar-refractivity contribution in [2.45, 2.75) is 57.2 Å². The molecule has 2 N–H and O–H groups in total. The molecule has 3 nitrogen and oxygen atoms in total. The summed E-state index contributed by atoms with van der Waals surface area (Å²) >= 11 is 1.92. The van der Waals surface area contributed by atoms with Crippen molar-refractivity contribution in [1.82, 2.24) is 4.90 Å². The largest absolute Gasteiger partial charge is 0.378 e. The lowest BCUT2D eigenvalue weighted by molar-refractivity contribution is -0.0743. The maximum absolute atomic E-state index is 6.12. The number of nitrogens with zero attached hydrogens (tertiary/aromatic N) is 1. The third kappa shape index (κ3) is 3.86. The fraction of sp³-hybridized carbons (Fsp3) is 1.00. The zero-order valence-corrected chi connectivity index (χ0v) is 13.3. The average molecular weight is 274 g/mol. The van der Waals surface area contributed by atoms with E-state index in [0.717, 1.165) is 32.4 Å². The molecule has 0 radical (unpaired) electrons. The van der Waals surface area contributed by atoms with E-state index in [4.69, 9.17) is 10.5 Å². The van der Waals surface area contributed by atoms with Gasteiger partial charge in [-0.25, -0.2) is 0 Å². The van der Waals surface area contributed by atoms with Crippen molar-refractivity contribution in [3.05, 3.63) is 0 Å². The van der Waals surface area contributed by atoms with Gasteiger partial charge in [-0.15, -0.1) is 0 Å². The number of ether oxygens (including phenoxy) is 1. The van der Waals surface area contributed by atoms with Crippen molar-refractivity contribution < 1.29 is 4.74 Å². The van der Waals surface area contributed by atoms with Crippen LogP contribution >= 0.6 is 11.8 Å². The second-order valence-corrected chi connectivity index (χ2v) is 6.51. The minimum absolute atomic E-state index is 0.150. The van der Waals surface area contributed by atoms with Gasteiger partial charge in [0.2, 0.25) is 0 Å². The predicted octanol–water partition coefficient (Wildman–Crippen LogP) is 2.35. The van der Waals surface area contributed by atoms with Gasteiger partial charge < -0.3 is 10.5 Å². The van der Waals surface area contributed by atoms with Crippen LogP contribution in [0.25, 0.3) is 0 Å². The average Bonchev–Trinajstić information content (AvgIpc) is 2.43. The standard InChI is InChI=1S/C14H30N2OS/c1-5-13-10-14(11-15,7-8-17-13)16(3)12(2)6-9-18-4/h12-13H,5-11,15H2,1-4H3. The molecule has 3 unspecified atom stereocenters. The summed E-state index contributed by atoms with van der Waals surface area (Å²) in [6, 6.07) is 0.594. The van der Waals surface area contributed by atoms with Gasteiger partial charge in [0.05, 0.1) is 6.10 Å². The molecular weight excluding hydrogens is 244 g/mol. The molecule has 18 heavy (non-hydrogen) atoms. The van der Waals surface area contributed by atoms with E-state index in [1.165, 1.54) is 12.2 Å². The monoisotopic (exact) mass is 274 g/mol. The smallest absolute Gasteiger partial charge is 0.0590 e. The number of thioether (sulfide) groups is 1. The predicted molar refractivity (Wildman–Crippen MR) is 81.3 cm³/mol. The summed E-state index contributed by atoms with van der Waals surface area (Å²) in [5, 5.41) is 0. The second-order valence-electron chi connectivity index (χ2n) is 5.53. The summed E-state index contributed by atoms with van der Waals surface area (Å²) in [4.78, 5) is 2.52. The van der Waals surface area contributed by atoms with Gasteiger partial charge in [0.15, 0.2) is 0 Å². The first-order valence-electron chi connectivity index (χ1n) is 7.13.